The Hall–Kier alpha value is -2.89. The molecule has 0 saturated carbocycles. The number of likely N-dealkylation sites (tertiary alicyclic amines) is 1. The molecule has 1 N–H and O–H groups in total. The molecule has 2 aliphatic heterocycles. The predicted molar refractivity (Wildman–Crippen MR) is 149 cm³/mol. The van der Waals surface area contributed by atoms with E-state index < -0.39 is 0 Å². The molecule has 1 saturated heterocycles. The average Bonchev–Trinajstić information content (AvgIpc) is 3.10. The van der Waals surface area contributed by atoms with E-state index in [4.69, 9.17) is 0 Å². The summed E-state index contributed by atoms with van der Waals surface area (Å²) in [7, 11) is 0. The van der Waals surface area contributed by atoms with Gasteiger partial charge in [0, 0.05) is 35.7 Å². The Balaban J connectivity index is 1.08. The first-order valence-electron chi connectivity index (χ1n) is 13.2. The van der Waals surface area contributed by atoms with Crippen molar-refractivity contribution >= 4 is 23.7 Å². The average molecular weight is 498 g/mol. The largest absolute Gasteiger partial charge is 0.353 e. The smallest absolute Gasteiger partial charge is 0.243 e. The van der Waals surface area contributed by atoms with Crippen molar-refractivity contribution in [1.29, 1.82) is 0 Å². The third kappa shape index (κ3) is 6.26. The Morgan fingerprint density at radius 3 is 2.64 bits per heavy atom. The molecule has 5 rings (SSSR count). The highest BCUT2D eigenvalue weighted by Crippen LogP contribution is 2.43. The van der Waals surface area contributed by atoms with Crippen molar-refractivity contribution in [1.82, 2.24) is 15.2 Å². The van der Waals surface area contributed by atoms with Gasteiger partial charge in [0.05, 0.1) is 6.04 Å². The van der Waals surface area contributed by atoms with Gasteiger partial charge in [-0.1, -0.05) is 61.4 Å². The van der Waals surface area contributed by atoms with Crippen molar-refractivity contribution in [3.8, 4) is 0 Å². The van der Waals surface area contributed by atoms with Gasteiger partial charge in [0.25, 0.3) is 0 Å². The van der Waals surface area contributed by atoms with Crippen LogP contribution in [0.1, 0.15) is 60.4 Å². The monoisotopic (exact) mass is 497 g/mol. The van der Waals surface area contributed by atoms with Crippen LogP contribution in [0.2, 0.25) is 0 Å². The first-order valence-corrected chi connectivity index (χ1v) is 14.2. The molecular weight excluding hydrogens is 462 g/mol. The molecular formula is C31H35N3OS. The Labute approximate surface area is 219 Å². The van der Waals surface area contributed by atoms with E-state index in [0.29, 0.717) is 6.04 Å². The molecule has 3 heterocycles. The van der Waals surface area contributed by atoms with Crippen LogP contribution in [0.5, 0.6) is 0 Å². The fraction of sp³-hybridized carbons (Fsp3) is 0.355. The Kier molecular flexibility index (Phi) is 8.52. The molecule has 2 aliphatic rings. The minimum atomic E-state index is -0.0331. The van der Waals surface area contributed by atoms with Crippen LogP contribution in [0, 0.1) is 5.92 Å². The summed E-state index contributed by atoms with van der Waals surface area (Å²) in [5.41, 5.74) is 5.37. The zero-order chi connectivity index (χ0) is 24.6. The van der Waals surface area contributed by atoms with Gasteiger partial charge in [-0.25, -0.2) is 0 Å². The van der Waals surface area contributed by atoms with E-state index >= 15 is 0 Å². The van der Waals surface area contributed by atoms with E-state index in [0.717, 1.165) is 43.3 Å². The summed E-state index contributed by atoms with van der Waals surface area (Å²) in [4.78, 5) is 20.2. The number of hydrogen-bond acceptors (Lipinski definition) is 4. The lowest BCUT2D eigenvalue weighted by atomic mass is 9.87. The van der Waals surface area contributed by atoms with Gasteiger partial charge in [-0.2, -0.15) is 0 Å². The number of piperidine rings is 1. The van der Waals surface area contributed by atoms with Crippen molar-refractivity contribution in [2.24, 2.45) is 5.92 Å². The number of nitrogens with one attached hydrogen (secondary N) is 1. The van der Waals surface area contributed by atoms with Crippen molar-refractivity contribution in [2.75, 3.05) is 19.6 Å². The number of pyridine rings is 1. The van der Waals surface area contributed by atoms with Crippen molar-refractivity contribution in [3.05, 3.63) is 101 Å². The normalized spacial score (nSPS) is 18.4. The second-order valence-electron chi connectivity index (χ2n) is 9.81. The lowest BCUT2D eigenvalue weighted by Crippen LogP contribution is -2.37. The fourth-order valence-corrected chi connectivity index (χ4v) is 6.56. The molecule has 36 heavy (non-hydrogen) atoms. The molecule has 1 aromatic heterocycles. The van der Waals surface area contributed by atoms with E-state index in [1.54, 1.807) is 24.5 Å². The van der Waals surface area contributed by atoms with Crippen LogP contribution in [0.25, 0.3) is 6.08 Å². The van der Waals surface area contributed by atoms with Crippen LogP contribution >= 0.6 is 11.8 Å². The van der Waals surface area contributed by atoms with Gasteiger partial charge in [-0.05, 0) is 78.7 Å². The van der Waals surface area contributed by atoms with Crippen LogP contribution in [0.3, 0.4) is 0 Å². The van der Waals surface area contributed by atoms with Crippen molar-refractivity contribution in [2.45, 2.75) is 48.8 Å². The van der Waals surface area contributed by atoms with Gasteiger partial charge in [0.15, 0.2) is 0 Å². The summed E-state index contributed by atoms with van der Waals surface area (Å²) in [5, 5.41) is 3.01. The molecule has 0 radical (unpaired) electrons. The number of aromatic nitrogens is 1. The minimum absolute atomic E-state index is 0.0331. The molecule has 0 aliphatic carbocycles. The van der Waals surface area contributed by atoms with Crippen molar-refractivity contribution in [3.63, 3.8) is 0 Å². The van der Waals surface area contributed by atoms with Crippen LogP contribution in [-0.4, -0.2) is 35.4 Å². The van der Waals surface area contributed by atoms with Crippen LogP contribution in [0.15, 0.2) is 84.0 Å². The summed E-state index contributed by atoms with van der Waals surface area (Å²) < 4.78 is 0. The third-order valence-electron chi connectivity index (χ3n) is 7.41. The highest BCUT2D eigenvalue weighted by Gasteiger charge is 2.31. The van der Waals surface area contributed by atoms with E-state index in [1.807, 2.05) is 23.9 Å². The molecule has 2 aromatic carbocycles. The second-order valence-corrected chi connectivity index (χ2v) is 10.8. The van der Waals surface area contributed by atoms with Gasteiger partial charge in [-0.3, -0.25) is 14.7 Å². The molecule has 3 aromatic rings. The van der Waals surface area contributed by atoms with E-state index in [9.17, 15) is 4.79 Å². The zero-order valence-electron chi connectivity index (χ0n) is 20.8. The fourth-order valence-electron chi connectivity index (χ4n) is 5.46. The number of amides is 1. The maximum Gasteiger partial charge on any atom is 0.243 e. The number of carbonyl (C=O) groups is 1. The summed E-state index contributed by atoms with van der Waals surface area (Å²) in [6, 6.07) is 22.2. The molecule has 1 amide bonds. The van der Waals surface area contributed by atoms with Gasteiger partial charge in [-0.15, -0.1) is 11.8 Å². The quantitative estimate of drug-likeness (QED) is 0.285. The molecule has 1 unspecified atom stereocenters. The summed E-state index contributed by atoms with van der Waals surface area (Å²) in [5.74, 6) is 1.80. The number of hydrogen-bond donors (Lipinski definition) is 1. The number of benzene rings is 2. The number of unbranched alkanes of at least 4 members (excludes halogenated alkanes) is 1. The lowest BCUT2D eigenvalue weighted by Gasteiger charge is -2.38. The maximum atomic E-state index is 12.0. The van der Waals surface area contributed by atoms with Gasteiger partial charge in [0.1, 0.15) is 0 Å². The maximum absolute atomic E-state index is 12.0. The highest BCUT2D eigenvalue weighted by atomic mass is 32.2. The minimum Gasteiger partial charge on any atom is -0.353 e. The zero-order valence-corrected chi connectivity index (χ0v) is 21.6. The first-order chi connectivity index (χ1) is 17.8. The molecule has 0 spiro atoms. The number of fused-ring (bicyclic) bond motifs is 2. The van der Waals surface area contributed by atoms with E-state index in [1.165, 1.54) is 47.3 Å². The Morgan fingerprint density at radius 2 is 1.81 bits per heavy atom. The summed E-state index contributed by atoms with van der Waals surface area (Å²) in [6.45, 7) is 3.04. The molecule has 5 heteroatoms. The molecule has 1 fully saturated rings. The molecule has 186 valence electrons. The number of carbonyl (C=O) groups excluding carboxylic acids is 1. The molecule has 0 bridgehead atoms. The third-order valence-corrected chi connectivity index (χ3v) is 8.55. The SMILES string of the molecule is O=C(/C=C\c1cccnc1)NCCCCC1CCN(C2c3ccccc3CSc3ccccc32)CC1. The summed E-state index contributed by atoms with van der Waals surface area (Å²) in [6.07, 6.45) is 12.9. The van der Waals surface area contributed by atoms with Crippen LogP contribution < -0.4 is 5.32 Å². The van der Waals surface area contributed by atoms with Gasteiger partial charge < -0.3 is 5.32 Å². The van der Waals surface area contributed by atoms with E-state index in [-0.39, 0.29) is 5.91 Å². The van der Waals surface area contributed by atoms with Gasteiger partial charge in [0.2, 0.25) is 5.91 Å². The van der Waals surface area contributed by atoms with Crippen LogP contribution in [0.4, 0.5) is 0 Å². The van der Waals surface area contributed by atoms with E-state index in [2.05, 4.69) is 63.7 Å². The summed E-state index contributed by atoms with van der Waals surface area (Å²) >= 11 is 1.98. The topological polar surface area (TPSA) is 45.2 Å². The number of thioether (sulfide) groups is 1. The molecule has 1 atom stereocenters. The van der Waals surface area contributed by atoms with Crippen LogP contribution in [-0.2, 0) is 10.5 Å². The predicted octanol–water partition coefficient (Wildman–Crippen LogP) is 6.49. The first kappa shape index (κ1) is 24.8. The number of rotatable bonds is 8. The Bertz CT molecular complexity index is 1120. The highest BCUT2D eigenvalue weighted by molar-refractivity contribution is 7.98. The Morgan fingerprint density at radius 1 is 1.00 bits per heavy atom. The number of nitrogens with zero attached hydrogens (tertiary/aromatic N) is 2. The van der Waals surface area contributed by atoms with Crippen molar-refractivity contribution < 1.29 is 4.79 Å². The van der Waals surface area contributed by atoms with Gasteiger partial charge >= 0.3 is 0 Å². The second kappa shape index (κ2) is 12.4. The molecule has 4 nitrogen and oxygen atoms in total. The lowest BCUT2D eigenvalue weighted by molar-refractivity contribution is -0.116. The standard InChI is InChI=1S/C31H35N3OS/c35-30(15-14-25-9-7-18-32-22-25)33-19-6-5-8-24-16-20-34(21-17-24)31-27-11-2-1-10-26(27)23-36-29-13-4-3-12-28(29)31/h1-4,7,9-15,18,22,24,31H,5-6,8,16-17,19-21,23H2,(H,33,35)/b15-14-.